The van der Waals surface area contributed by atoms with E-state index in [4.69, 9.17) is 4.42 Å². The van der Waals surface area contributed by atoms with Gasteiger partial charge in [0.25, 0.3) is 0 Å². The molecule has 0 saturated heterocycles. The van der Waals surface area contributed by atoms with Crippen molar-refractivity contribution >= 4 is 6.08 Å². The van der Waals surface area contributed by atoms with Crippen LogP contribution in [0.2, 0.25) is 0 Å². The molecule has 1 aliphatic carbocycles. The van der Waals surface area contributed by atoms with E-state index in [-0.39, 0.29) is 5.92 Å². The Bertz CT molecular complexity index is 471. The third kappa shape index (κ3) is 1.01. The van der Waals surface area contributed by atoms with Gasteiger partial charge in [-0.25, -0.2) is 4.98 Å². The average Bonchev–Trinajstić information content (AvgIpc) is 2.85. The SMILES string of the molecule is C1=CC(c2ncco2)c2ccccc21. The molecule has 2 nitrogen and oxygen atoms in total. The van der Waals surface area contributed by atoms with Crippen molar-refractivity contribution in [2.24, 2.45) is 0 Å². The largest absolute Gasteiger partial charge is 0.448 e. The van der Waals surface area contributed by atoms with Crippen LogP contribution < -0.4 is 0 Å². The van der Waals surface area contributed by atoms with E-state index in [9.17, 15) is 0 Å². The van der Waals surface area contributed by atoms with Gasteiger partial charge in [0.15, 0.2) is 0 Å². The molecular weight excluding hydrogens is 174 g/mol. The maximum atomic E-state index is 5.31. The fraction of sp³-hybridized carbons (Fsp3) is 0.0833. The molecule has 0 radical (unpaired) electrons. The lowest BCUT2D eigenvalue weighted by Crippen LogP contribution is -1.95. The standard InChI is InChI=1S/C12H9NO/c1-2-4-10-9(3-1)5-6-11(10)12-13-7-8-14-12/h1-8,11H. The molecule has 68 valence electrons. The Morgan fingerprint density at radius 1 is 1.21 bits per heavy atom. The molecule has 2 heteroatoms. The Kier molecular flexibility index (Phi) is 1.53. The summed E-state index contributed by atoms with van der Waals surface area (Å²) in [5.41, 5.74) is 2.53. The third-order valence-corrected chi connectivity index (χ3v) is 2.52. The van der Waals surface area contributed by atoms with Crippen molar-refractivity contribution < 1.29 is 4.42 Å². The van der Waals surface area contributed by atoms with Crippen LogP contribution in [-0.4, -0.2) is 4.98 Å². The highest BCUT2D eigenvalue weighted by molar-refractivity contribution is 5.63. The summed E-state index contributed by atoms with van der Waals surface area (Å²) in [6.07, 6.45) is 7.54. The van der Waals surface area contributed by atoms with E-state index in [0.29, 0.717) is 0 Å². The smallest absolute Gasteiger partial charge is 0.205 e. The molecule has 1 aliphatic rings. The number of hydrogen-bond donors (Lipinski definition) is 0. The van der Waals surface area contributed by atoms with Crippen LogP contribution in [0.5, 0.6) is 0 Å². The fourth-order valence-electron chi connectivity index (χ4n) is 1.85. The molecule has 0 aliphatic heterocycles. The molecule has 14 heavy (non-hydrogen) atoms. The predicted octanol–water partition coefficient (Wildman–Crippen LogP) is 2.83. The van der Waals surface area contributed by atoms with Gasteiger partial charge in [-0.05, 0) is 11.1 Å². The van der Waals surface area contributed by atoms with E-state index in [1.165, 1.54) is 11.1 Å². The molecule has 1 atom stereocenters. The first-order chi connectivity index (χ1) is 6.95. The van der Waals surface area contributed by atoms with Crippen molar-refractivity contribution in [2.45, 2.75) is 5.92 Å². The van der Waals surface area contributed by atoms with Crippen LogP contribution in [0.25, 0.3) is 6.08 Å². The van der Waals surface area contributed by atoms with Crippen LogP contribution in [0.1, 0.15) is 22.9 Å². The van der Waals surface area contributed by atoms with Crippen LogP contribution in [0, 0.1) is 0 Å². The Morgan fingerprint density at radius 2 is 2.14 bits per heavy atom. The second-order valence-electron chi connectivity index (χ2n) is 3.34. The van der Waals surface area contributed by atoms with E-state index < -0.39 is 0 Å². The summed E-state index contributed by atoms with van der Waals surface area (Å²) in [7, 11) is 0. The minimum atomic E-state index is 0.196. The number of benzene rings is 1. The zero-order valence-corrected chi connectivity index (χ0v) is 7.55. The molecule has 1 unspecified atom stereocenters. The quantitative estimate of drug-likeness (QED) is 0.679. The van der Waals surface area contributed by atoms with Crippen LogP contribution in [-0.2, 0) is 0 Å². The summed E-state index contributed by atoms with van der Waals surface area (Å²) < 4.78 is 5.31. The topological polar surface area (TPSA) is 26.0 Å². The van der Waals surface area contributed by atoms with Crippen molar-refractivity contribution in [1.29, 1.82) is 0 Å². The summed E-state index contributed by atoms with van der Waals surface area (Å²) >= 11 is 0. The monoisotopic (exact) mass is 183 g/mol. The first-order valence-corrected chi connectivity index (χ1v) is 4.62. The average molecular weight is 183 g/mol. The van der Waals surface area contributed by atoms with Gasteiger partial charge in [0.2, 0.25) is 5.89 Å². The molecule has 0 N–H and O–H groups in total. The minimum absolute atomic E-state index is 0.196. The second-order valence-corrected chi connectivity index (χ2v) is 3.34. The van der Waals surface area contributed by atoms with Crippen molar-refractivity contribution in [2.75, 3.05) is 0 Å². The fourth-order valence-corrected chi connectivity index (χ4v) is 1.85. The summed E-state index contributed by atoms with van der Waals surface area (Å²) in [4.78, 5) is 4.18. The molecule has 1 aromatic heterocycles. The van der Waals surface area contributed by atoms with Crippen LogP contribution in [0.3, 0.4) is 0 Å². The number of allylic oxidation sites excluding steroid dienone is 1. The van der Waals surface area contributed by atoms with Gasteiger partial charge in [0.1, 0.15) is 6.26 Å². The van der Waals surface area contributed by atoms with Gasteiger partial charge >= 0.3 is 0 Å². The second kappa shape index (κ2) is 2.84. The Hall–Kier alpha value is -1.83. The van der Waals surface area contributed by atoms with E-state index in [1.807, 2.05) is 12.1 Å². The molecule has 1 heterocycles. The van der Waals surface area contributed by atoms with Gasteiger partial charge in [-0.2, -0.15) is 0 Å². The van der Waals surface area contributed by atoms with Gasteiger partial charge in [-0.3, -0.25) is 0 Å². The first-order valence-electron chi connectivity index (χ1n) is 4.62. The molecule has 2 aromatic rings. The highest BCUT2D eigenvalue weighted by atomic mass is 16.3. The maximum absolute atomic E-state index is 5.31. The van der Waals surface area contributed by atoms with E-state index >= 15 is 0 Å². The van der Waals surface area contributed by atoms with Crippen molar-refractivity contribution in [1.82, 2.24) is 4.98 Å². The summed E-state index contributed by atoms with van der Waals surface area (Å²) in [5, 5.41) is 0. The zero-order valence-electron chi connectivity index (χ0n) is 7.55. The van der Waals surface area contributed by atoms with Crippen molar-refractivity contribution in [3.05, 3.63) is 59.8 Å². The predicted molar refractivity (Wildman–Crippen MR) is 53.8 cm³/mol. The van der Waals surface area contributed by atoms with Crippen LogP contribution in [0.15, 0.2) is 47.2 Å². The molecule has 1 aromatic carbocycles. The number of aromatic nitrogens is 1. The van der Waals surface area contributed by atoms with Gasteiger partial charge in [-0.15, -0.1) is 0 Å². The van der Waals surface area contributed by atoms with Gasteiger partial charge < -0.3 is 4.42 Å². The Labute approximate surface area is 81.9 Å². The highest BCUT2D eigenvalue weighted by Gasteiger charge is 2.21. The number of hydrogen-bond acceptors (Lipinski definition) is 2. The lowest BCUT2D eigenvalue weighted by atomic mass is 10.0. The van der Waals surface area contributed by atoms with Crippen LogP contribution >= 0.6 is 0 Å². The van der Waals surface area contributed by atoms with Crippen molar-refractivity contribution in [3.63, 3.8) is 0 Å². The summed E-state index contributed by atoms with van der Waals surface area (Å²) in [6.45, 7) is 0. The lowest BCUT2D eigenvalue weighted by Gasteiger charge is -2.05. The van der Waals surface area contributed by atoms with Gasteiger partial charge in [-0.1, -0.05) is 36.4 Å². The maximum Gasteiger partial charge on any atom is 0.205 e. The zero-order chi connectivity index (χ0) is 9.38. The Morgan fingerprint density at radius 3 is 3.00 bits per heavy atom. The minimum Gasteiger partial charge on any atom is -0.448 e. The normalized spacial score (nSPS) is 18.4. The van der Waals surface area contributed by atoms with E-state index in [2.05, 4.69) is 29.3 Å². The van der Waals surface area contributed by atoms with Gasteiger partial charge in [0, 0.05) is 0 Å². The van der Waals surface area contributed by atoms with Gasteiger partial charge in [0.05, 0.1) is 12.1 Å². The molecule has 0 saturated carbocycles. The number of nitrogens with zero attached hydrogens (tertiary/aromatic N) is 1. The van der Waals surface area contributed by atoms with E-state index in [1.54, 1.807) is 12.5 Å². The van der Waals surface area contributed by atoms with Crippen molar-refractivity contribution in [3.8, 4) is 0 Å². The summed E-state index contributed by atoms with van der Waals surface area (Å²) in [6, 6.07) is 8.31. The lowest BCUT2D eigenvalue weighted by molar-refractivity contribution is 0.493. The molecule has 0 bridgehead atoms. The summed E-state index contributed by atoms with van der Waals surface area (Å²) in [5.74, 6) is 0.965. The molecule has 0 fully saturated rings. The van der Waals surface area contributed by atoms with E-state index in [0.717, 1.165) is 5.89 Å². The highest BCUT2D eigenvalue weighted by Crippen LogP contribution is 2.33. The molecule has 3 rings (SSSR count). The van der Waals surface area contributed by atoms with Crippen LogP contribution in [0.4, 0.5) is 0 Å². The molecular formula is C12H9NO. The molecule has 0 spiro atoms. The first kappa shape index (κ1) is 7.56. The third-order valence-electron chi connectivity index (χ3n) is 2.52. The number of fused-ring (bicyclic) bond motifs is 1. The number of oxazole rings is 1. The molecule has 0 amide bonds. The number of rotatable bonds is 1. The Balaban J connectivity index is 2.11.